The van der Waals surface area contributed by atoms with Crippen molar-refractivity contribution < 1.29 is 14.7 Å². The first-order valence-corrected chi connectivity index (χ1v) is 12.7. The Labute approximate surface area is 207 Å². The lowest BCUT2D eigenvalue weighted by atomic mass is 9.66. The van der Waals surface area contributed by atoms with E-state index in [-0.39, 0.29) is 23.8 Å². The van der Waals surface area contributed by atoms with Crippen molar-refractivity contribution in [2.75, 3.05) is 13.1 Å². The van der Waals surface area contributed by atoms with Gasteiger partial charge in [-0.15, -0.1) is 0 Å². The molecule has 2 aromatic carbocycles. The average molecular weight is 483 g/mol. The number of piperidine rings is 1. The van der Waals surface area contributed by atoms with E-state index >= 15 is 0 Å². The molecule has 0 aromatic heterocycles. The van der Waals surface area contributed by atoms with Crippen molar-refractivity contribution in [3.05, 3.63) is 70.7 Å². The summed E-state index contributed by atoms with van der Waals surface area (Å²) in [5, 5.41) is 15.4. The number of amides is 2. The highest BCUT2D eigenvalue weighted by molar-refractivity contribution is 6.30. The highest BCUT2D eigenvalue weighted by atomic mass is 35.5. The maximum atomic E-state index is 13.7. The molecule has 0 bridgehead atoms. The molecular weight excluding hydrogens is 448 g/mol. The topological polar surface area (TPSA) is 69.6 Å². The molecule has 2 amide bonds. The summed E-state index contributed by atoms with van der Waals surface area (Å²) in [6.07, 6.45) is 4.40. The van der Waals surface area contributed by atoms with Gasteiger partial charge in [0.15, 0.2) is 0 Å². The van der Waals surface area contributed by atoms with Gasteiger partial charge in [-0.3, -0.25) is 9.59 Å². The largest absolute Gasteiger partial charge is 0.384 e. The van der Waals surface area contributed by atoms with Crippen LogP contribution in [0.5, 0.6) is 0 Å². The molecule has 34 heavy (non-hydrogen) atoms. The van der Waals surface area contributed by atoms with Gasteiger partial charge >= 0.3 is 0 Å². The maximum Gasteiger partial charge on any atom is 0.227 e. The molecule has 4 rings (SSSR count). The van der Waals surface area contributed by atoms with Crippen LogP contribution in [0.15, 0.2) is 54.6 Å². The molecule has 1 saturated heterocycles. The Kier molecular flexibility index (Phi) is 7.34. The smallest absolute Gasteiger partial charge is 0.227 e. The molecule has 1 aliphatic carbocycles. The molecule has 0 radical (unpaired) electrons. The van der Waals surface area contributed by atoms with Crippen molar-refractivity contribution in [3.8, 4) is 0 Å². The number of hydrogen-bond donors (Lipinski definition) is 2. The van der Waals surface area contributed by atoms with Crippen molar-refractivity contribution in [2.24, 2.45) is 11.3 Å². The first-order valence-electron chi connectivity index (χ1n) is 12.3. The SMILES string of the molecule is CC1(C)CN(C(=O)[C@H]2CCCC[C@H]2NC(=O)Cc2ccccc2)CC[C@]1(O)c1ccc(Cl)cc1. The fourth-order valence-electron chi connectivity index (χ4n) is 5.64. The Morgan fingerprint density at radius 2 is 1.74 bits per heavy atom. The molecule has 1 saturated carbocycles. The molecule has 5 nitrogen and oxygen atoms in total. The standard InChI is InChI=1S/C28H35ClN2O3/c1-27(2)19-31(17-16-28(27,34)21-12-14-22(29)15-13-21)26(33)23-10-6-7-11-24(23)30-25(32)18-20-8-4-3-5-9-20/h3-5,8-9,12-15,23-24,34H,6-7,10-11,16-19H2,1-2H3,(H,30,32)/t23-,24+,28-/m0/s1. The Morgan fingerprint density at radius 1 is 1.06 bits per heavy atom. The van der Waals surface area contributed by atoms with E-state index in [0.717, 1.165) is 36.8 Å². The molecule has 3 atom stereocenters. The number of nitrogens with one attached hydrogen (secondary N) is 1. The summed E-state index contributed by atoms with van der Waals surface area (Å²) < 4.78 is 0. The number of carbonyl (C=O) groups excluding carboxylic acids is 2. The van der Waals surface area contributed by atoms with E-state index in [1.54, 1.807) is 12.1 Å². The van der Waals surface area contributed by atoms with Gasteiger partial charge in [0.25, 0.3) is 0 Å². The van der Waals surface area contributed by atoms with E-state index < -0.39 is 11.0 Å². The highest BCUT2D eigenvalue weighted by Gasteiger charge is 2.50. The van der Waals surface area contributed by atoms with Crippen molar-refractivity contribution in [2.45, 2.75) is 64.0 Å². The molecule has 2 N–H and O–H groups in total. The highest BCUT2D eigenvalue weighted by Crippen LogP contribution is 2.46. The molecular formula is C28H35ClN2O3. The van der Waals surface area contributed by atoms with Crippen LogP contribution in [-0.2, 0) is 21.6 Å². The zero-order valence-electron chi connectivity index (χ0n) is 20.1. The summed E-state index contributed by atoms with van der Waals surface area (Å²) in [6.45, 7) is 4.98. The number of benzene rings is 2. The van der Waals surface area contributed by atoms with Gasteiger partial charge in [-0.2, -0.15) is 0 Å². The van der Waals surface area contributed by atoms with E-state index in [1.165, 1.54) is 0 Å². The zero-order chi connectivity index (χ0) is 24.3. The summed E-state index contributed by atoms with van der Waals surface area (Å²) >= 11 is 6.05. The van der Waals surface area contributed by atoms with Crippen LogP contribution in [0.4, 0.5) is 0 Å². The molecule has 0 spiro atoms. The Bertz CT molecular complexity index is 1010. The number of halogens is 1. The molecule has 1 heterocycles. The number of carbonyl (C=O) groups is 2. The molecule has 2 aliphatic rings. The first kappa shape index (κ1) is 24.7. The number of nitrogens with zero attached hydrogens (tertiary/aromatic N) is 1. The van der Waals surface area contributed by atoms with Gasteiger partial charge in [0.05, 0.1) is 17.9 Å². The van der Waals surface area contributed by atoms with Gasteiger partial charge in [0.2, 0.25) is 11.8 Å². The third-order valence-electron chi connectivity index (χ3n) is 7.72. The Balaban J connectivity index is 1.44. The number of likely N-dealkylation sites (tertiary alicyclic amines) is 1. The Morgan fingerprint density at radius 3 is 2.41 bits per heavy atom. The molecule has 1 aliphatic heterocycles. The maximum absolute atomic E-state index is 13.7. The molecule has 2 fully saturated rings. The fraction of sp³-hybridized carbons (Fsp3) is 0.500. The lowest BCUT2D eigenvalue weighted by Gasteiger charge is -2.51. The summed E-state index contributed by atoms with van der Waals surface area (Å²) in [6, 6.07) is 16.9. The van der Waals surface area contributed by atoms with Crippen LogP contribution in [0.25, 0.3) is 0 Å². The van der Waals surface area contributed by atoms with Gasteiger partial charge in [0.1, 0.15) is 0 Å². The first-order chi connectivity index (χ1) is 16.2. The second-order valence-corrected chi connectivity index (χ2v) is 10.9. The van der Waals surface area contributed by atoms with Crippen LogP contribution < -0.4 is 5.32 Å². The molecule has 0 unspecified atom stereocenters. The average Bonchev–Trinajstić information content (AvgIpc) is 2.81. The van der Waals surface area contributed by atoms with Gasteiger partial charge in [-0.05, 0) is 42.5 Å². The van der Waals surface area contributed by atoms with Crippen LogP contribution in [0.1, 0.15) is 57.1 Å². The summed E-state index contributed by atoms with van der Waals surface area (Å²) in [5.74, 6) is -0.158. The van der Waals surface area contributed by atoms with Crippen LogP contribution >= 0.6 is 11.6 Å². The van der Waals surface area contributed by atoms with Crippen LogP contribution in [0.2, 0.25) is 5.02 Å². The van der Waals surface area contributed by atoms with Crippen LogP contribution in [-0.4, -0.2) is 41.0 Å². The molecule has 6 heteroatoms. The second-order valence-electron chi connectivity index (χ2n) is 10.5. The zero-order valence-corrected chi connectivity index (χ0v) is 20.9. The van der Waals surface area contributed by atoms with E-state index in [4.69, 9.17) is 11.6 Å². The van der Waals surface area contributed by atoms with Crippen molar-refractivity contribution in [3.63, 3.8) is 0 Å². The predicted molar refractivity (Wildman–Crippen MR) is 134 cm³/mol. The van der Waals surface area contributed by atoms with Crippen LogP contribution in [0, 0.1) is 11.3 Å². The third kappa shape index (κ3) is 5.16. The van der Waals surface area contributed by atoms with E-state index in [0.29, 0.717) is 31.0 Å². The summed E-state index contributed by atoms with van der Waals surface area (Å²) in [5.41, 5.74) is 0.232. The fourth-order valence-corrected chi connectivity index (χ4v) is 5.77. The van der Waals surface area contributed by atoms with Crippen molar-refractivity contribution in [1.82, 2.24) is 10.2 Å². The normalized spacial score (nSPS) is 26.6. The van der Waals surface area contributed by atoms with Gasteiger partial charge in [0, 0.05) is 29.6 Å². The van der Waals surface area contributed by atoms with Crippen molar-refractivity contribution >= 4 is 23.4 Å². The lowest BCUT2D eigenvalue weighted by molar-refractivity contribution is -0.158. The Hall–Kier alpha value is -2.37. The van der Waals surface area contributed by atoms with Gasteiger partial charge in [-0.25, -0.2) is 0 Å². The monoisotopic (exact) mass is 482 g/mol. The van der Waals surface area contributed by atoms with Crippen molar-refractivity contribution in [1.29, 1.82) is 0 Å². The minimum Gasteiger partial charge on any atom is -0.384 e. The predicted octanol–water partition coefficient (Wildman–Crippen LogP) is 4.70. The van der Waals surface area contributed by atoms with Gasteiger partial charge in [-0.1, -0.05) is 80.8 Å². The number of aliphatic hydroxyl groups is 1. The summed E-state index contributed by atoms with van der Waals surface area (Å²) in [7, 11) is 0. The number of rotatable bonds is 5. The van der Waals surface area contributed by atoms with E-state index in [2.05, 4.69) is 5.32 Å². The van der Waals surface area contributed by atoms with Gasteiger partial charge < -0.3 is 15.3 Å². The lowest BCUT2D eigenvalue weighted by Crippen LogP contribution is -2.59. The van der Waals surface area contributed by atoms with E-state index in [9.17, 15) is 14.7 Å². The quantitative estimate of drug-likeness (QED) is 0.648. The minimum atomic E-state index is -1.04. The third-order valence-corrected chi connectivity index (χ3v) is 7.97. The molecule has 2 aromatic rings. The number of hydrogen-bond acceptors (Lipinski definition) is 3. The minimum absolute atomic E-state index is 0.0352. The second kappa shape index (κ2) is 10.1. The molecule has 182 valence electrons. The summed E-state index contributed by atoms with van der Waals surface area (Å²) in [4.78, 5) is 28.3. The van der Waals surface area contributed by atoms with Crippen LogP contribution in [0.3, 0.4) is 0 Å². The van der Waals surface area contributed by atoms with E-state index in [1.807, 2.05) is 61.2 Å².